The molecule has 0 bridgehead atoms. The van der Waals surface area contributed by atoms with Crippen molar-refractivity contribution >= 4 is 5.91 Å². The minimum Gasteiger partial charge on any atom is -0.468 e. The largest absolute Gasteiger partial charge is 0.468 e. The molecule has 0 saturated carbocycles. The van der Waals surface area contributed by atoms with Gasteiger partial charge in [0.25, 0.3) is 0 Å². The van der Waals surface area contributed by atoms with Crippen molar-refractivity contribution in [2.75, 3.05) is 26.2 Å². The maximum atomic E-state index is 12.1. The Morgan fingerprint density at radius 2 is 2.05 bits per heavy atom. The van der Waals surface area contributed by atoms with E-state index in [4.69, 9.17) is 10.2 Å². The maximum absolute atomic E-state index is 12.1. The zero-order valence-electron chi connectivity index (χ0n) is 12.5. The molecule has 0 unspecified atom stereocenters. The zero-order valence-corrected chi connectivity index (χ0v) is 12.5. The van der Waals surface area contributed by atoms with E-state index in [1.165, 1.54) is 0 Å². The third-order valence-electron chi connectivity index (χ3n) is 3.67. The van der Waals surface area contributed by atoms with E-state index >= 15 is 0 Å². The fourth-order valence-corrected chi connectivity index (χ4v) is 2.37. The molecule has 0 radical (unpaired) electrons. The lowest BCUT2D eigenvalue weighted by Crippen LogP contribution is -2.48. The number of nitrogens with zero attached hydrogens (tertiary/aromatic N) is 2. The van der Waals surface area contributed by atoms with Crippen LogP contribution in [0.4, 0.5) is 0 Å². The Kier molecular flexibility index (Phi) is 4.83. The highest BCUT2D eigenvalue weighted by molar-refractivity contribution is 5.76. The number of nitrogens with two attached hydrogens (primary N) is 1. The molecule has 0 aromatic carbocycles. The summed E-state index contributed by atoms with van der Waals surface area (Å²) < 4.78 is 5.35. The molecule has 1 aliphatic rings. The molecule has 112 valence electrons. The van der Waals surface area contributed by atoms with Crippen molar-refractivity contribution in [3.8, 4) is 0 Å². The molecule has 1 fully saturated rings. The minimum atomic E-state index is -0.267. The van der Waals surface area contributed by atoms with Gasteiger partial charge in [-0.2, -0.15) is 0 Å². The van der Waals surface area contributed by atoms with Gasteiger partial charge in [0.05, 0.1) is 12.8 Å². The van der Waals surface area contributed by atoms with Crippen LogP contribution in [0.1, 0.15) is 32.4 Å². The molecule has 1 saturated heterocycles. The van der Waals surface area contributed by atoms with Gasteiger partial charge in [-0.25, -0.2) is 0 Å². The summed E-state index contributed by atoms with van der Waals surface area (Å²) in [6.07, 6.45) is 2.98. The Bertz CT molecular complexity index is 415. The van der Waals surface area contributed by atoms with E-state index in [1.807, 2.05) is 30.9 Å². The number of amides is 1. The summed E-state index contributed by atoms with van der Waals surface area (Å²) in [6.45, 7) is 8.14. The highest BCUT2D eigenvalue weighted by atomic mass is 16.3. The van der Waals surface area contributed by atoms with Gasteiger partial charge in [-0.05, 0) is 32.4 Å². The Morgan fingerprint density at radius 1 is 1.35 bits per heavy atom. The van der Waals surface area contributed by atoms with Crippen LogP contribution in [0.2, 0.25) is 0 Å². The van der Waals surface area contributed by atoms with Gasteiger partial charge in [0.15, 0.2) is 0 Å². The Morgan fingerprint density at radius 3 is 2.60 bits per heavy atom. The second kappa shape index (κ2) is 6.41. The standard InChI is InChI=1S/C15H25N3O2/c1-15(2,16)6-5-14(19)18-9-7-17(8-10-18)12-13-4-3-11-20-13/h3-4,11H,5-10,12,16H2,1-2H3. The molecule has 20 heavy (non-hydrogen) atoms. The van der Waals surface area contributed by atoms with E-state index in [2.05, 4.69) is 4.90 Å². The van der Waals surface area contributed by atoms with Crippen LogP contribution >= 0.6 is 0 Å². The quantitative estimate of drug-likeness (QED) is 0.886. The van der Waals surface area contributed by atoms with Crippen molar-refractivity contribution in [1.29, 1.82) is 0 Å². The first-order chi connectivity index (χ1) is 9.44. The van der Waals surface area contributed by atoms with E-state index < -0.39 is 0 Å². The van der Waals surface area contributed by atoms with Crippen molar-refractivity contribution < 1.29 is 9.21 Å². The van der Waals surface area contributed by atoms with Crippen LogP contribution in [0, 0.1) is 0 Å². The molecule has 1 aliphatic heterocycles. The van der Waals surface area contributed by atoms with Gasteiger partial charge < -0.3 is 15.1 Å². The number of piperazine rings is 1. The summed E-state index contributed by atoms with van der Waals surface area (Å²) in [7, 11) is 0. The summed E-state index contributed by atoms with van der Waals surface area (Å²) in [5.41, 5.74) is 5.65. The van der Waals surface area contributed by atoms with Crippen LogP contribution in [0.25, 0.3) is 0 Å². The monoisotopic (exact) mass is 279 g/mol. The van der Waals surface area contributed by atoms with Crippen molar-refractivity contribution in [3.05, 3.63) is 24.2 Å². The fraction of sp³-hybridized carbons (Fsp3) is 0.667. The van der Waals surface area contributed by atoms with E-state index in [-0.39, 0.29) is 11.4 Å². The molecule has 2 heterocycles. The first-order valence-corrected chi connectivity index (χ1v) is 7.25. The van der Waals surface area contributed by atoms with E-state index in [0.29, 0.717) is 6.42 Å². The van der Waals surface area contributed by atoms with Crippen molar-refractivity contribution in [2.45, 2.75) is 38.8 Å². The maximum Gasteiger partial charge on any atom is 0.222 e. The zero-order chi connectivity index (χ0) is 14.6. The van der Waals surface area contributed by atoms with Crippen LogP contribution in [-0.2, 0) is 11.3 Å². The van der Waals surface area contributed by atoms with Gasteiger partial charge in [-0.1, -0.05) is 0 Å². The fourth-order valence-electron chi connectivity index (χ4n) is 2.37. The van der Waals surface area contributed by atoms with Gasteiger partial charge in [0, 0.05) is 38.1 Å². The molecule has 2 N–H and O–H groups in total. The molecule has 1 aromatic rings. The molecule has 0 atom stereocenters. The highest BCUT2D eigenvalue weighted by Crippen LogP contribution is 2.12. The summed E-state index contributed by atoms with van der Waals surface area (Å²) in [6, 6.07) is 3.89. The van der Waals surface area contributed by atoms with Gasteiger partial charge >= 0.3 is 0 Å². The van der Waals surface area contributed by atoms with E-state index in [9.17, 15) is 4.79 Å². The lowest BCUT2D eigenvalue weighted by Gasteiger charge is -2.34. The number of hydrogen-bond acceptors (Lipinski definition) is 4. The topological polar surface area (TPSA) is 62.7 Å². The van der Waals surface area contributed by atoms with Crippen LogP contribution in [0.5, 0.6) is 0 Å². The summed E-state index contributed by atoms with van der Waals surface area (Å²) in [5.74, 6) is 1.20. The van der Waals surface area contributed by atoms with Crippen molar-refractivity contribution in [1.82, 2.24) is 9.80 Å². The van der Waals surface area contributed by atoms with E-state index in [1.54, 1.807) is 6.26 Å². The Hall–Kier alpha value is -1.33. The Balaban J connectivity index is 1.72. The van der Waals surface area contributed by atoms with Gasteiger partial charge in [-0.15, -0.1) is 0 Å². The SMILES string of the molecule is CC(C)(N)CCC(=O)N1CCN(Cc2ccco2)CC1. The van der Waals surface area contributed by atoms with Crippen molar-refractivity contribution in [3.63, 3.8) is 0 Å². The molecule has 5 nitrogen and oxygen atoms in total. The van der Waals surface area contributed by atoms with Gasteiger partial charge in [-0.3, -0.25) is 9.69 Å². The smallest absolute Gasteiger partial charge is 0.222 e. The summed E-state index contributed by atoms with van der Waals surface area (Å²) in [4.78, 5) is 16.4. The van der Waals surface area contributed by atoms with E-state index in [0.717, 1.165) is 44.9 Å². The normalized spacial score (nSPS) is 17.4. The molecular weight excluding hydrogens is 254 g/mol. The summed E-state index contributed by atoms with van der Waals surface area (Å²) in [5, 5.41) is 0. The van der Waals surface area contributed by atoms with Crippen LogP contribution in [0.3, 0.4) is 0 Å². The summed E-state index contributed by atoms with van der Waals surface area (Å²) >= 11 is 0. The van der Waals surface area contributed by atoms with Crippen LogP contribution in [-0.4, -0.2) is 47.4 Å². The van der Waals surface area contributed by atoms with Gasteiger partial charge in [0.1, 0.15) is 5.76 Å². The number of rotatable bonds is 5. The Labute approximate surface area is 120 Å². The number of carbonyl (C=O) groups is 1. The molecule has 1 aromatic heterocycles. The molecule has 5 heteroatoms. The molecule has 1 amide bonds. The lowest BCUT2D eigenvalue weighted by atomic mass is 9.99. The lowest BCUT2D eigenvalue weighted by molar-refractivity contribution is -0.133. The average Bonchev–Trinajstić information content (AvgIpc) is 2.89. The number of hydrogen-bond donors (Lipinski definition) is 1. The highest BCUT2D eigenvalue weighted by Gasteiger charge is 2.22. The molecule has 0 spiro atoms. The molecule has 0 aliphatic carbocycles. The van der Waals surface area contributed by atoms with Gasteiger partial charge in [0.2, 0.25) is 5.91 Å². The first-order valence-electron chi connectivity index (χ1n) is 7.25. The second-order valence-electron chi connectivity index (χ2n) is 6.22. The number of carbonyl (C=O) groups excluding carboxylic acids is 1. The predicted molar refractivity (Wildman–Crippen MR) is 78.1 cm³/mol. The molecular formula is C15H25N3O2. The molecule has 2 rings (SSSR count). The van der Waals surface area contributed by atoms with Crippen LogP contribution < -0.4 is 5.73 Å². The minimum absolute atomic E-state index is 0.223. The van der Waals surface area contributed by atoms with Crippen LogP contribution in [0.15, 0.2) is 22.8 Å². The third kappa shape index (κ3) is 4.65. The average molecular weight is 279 g/mol. The van der Waals surface area contributed by atoms with Crippen molar-refractivity contribution in [2.24, 2.45) is 5.73 Å². The predicted octanol–water partition coefficient (Wildman–Crippen LogP) is 1.44. The number of furan rings is 1. The second-order valence-corrected chi connectivity index (χ2v) is 6.22. The first kappa shape index (κ1) is 15.1. The third-order valence-corrected chi connectivity index (χ3v) is 3.67.